The Bertz CT molecular complexity index is 876. The standard InChI is InChI=1S/C21H23N3O3S/c1-21-10-9-18(25)24(21)17(14-28-21)19(26)23-12-16-8-5-11-22-20(16)27-13-15-6-3-2-4-7-15/h2-8,11,17H,9-10,12-14H2,1H3,(H,23,26)/t17-,21+/m1/s1. The molecule has 3 heterocycles. The molecule has 2 aromatic rings. The smallest absolute Gasteiger partial charge is 0.243 e. The van der Waals surface area contributed by atoms with Gasteiger partial charge in [0.2, 0.25) is 17.7 Å². The number of fused-ring (bicyclic) bond motifs is 1. The quantitative estimate of drug-likeness (QED) is 0.812. The first-order valence-electron chi connectivity index (χ1n) is 9.41. The lowest BCUT2D eigenvalue weighted by molar-refractivity contribution is -0.138. The molecule has 146 valence electrons. The summed E-state index contributed by atoms with van der Waals surface area (Å²) in [5.41, 5.74) is 1.87. The Hall–Kier alpha value is -2.54. The van der Waals surface area contributed by atoms with Crippen LogP contribution in [0.3, 0.4) is 0 Å². The number of benzene rings is 1. The largest absolute Gasteiger partial charge is 0.473 e. The molecule has 2 fully saturated rings. The van der Waals surface area contributed by atoms with E-state index in [1.807, 2.05) is 49.4 Å². The number of carbonyl (C=O) groups excluding carboxylic acids is 2. The first kappa shape index (κ1) is 18.8. The summed E-state index contributed by atoms with van der Waals surface area (Å²) in [6.45, 7) is 2.78. The van der Waals surface area contributed by atoms with Crippen LogP contribution in [0.5, 0.6) is 5.88 Å². The third-order valence-corrected chi connectivity index (χ3v) is 6.77. The third-order valence-electron chi connectivity index (χ3n) is 5.27. The first-order chi connectivity index (χ1) is 13.6. The first-order valence-corrected chi connectivity index (χ1v) is 10.4. The molecule has 2 aliphatic rings. The van der Waals surface area contributed by atoms with Crippen LogP contribution in [0.25, 0.3) is 0 Å². The Labute approximate surface area is 168 Å². The second-order valence-electron chi connectivity index (χ2n) is 7.23. The Morgan fingerprint density at radius 3 is 2.96 bits per heavy atom. The van der Waals surface area contributed by atoms with Gasteiger partial charge in [-0.15, -0.1) is 11.8 Å². The van der Waals surface area contributed by atoms with Gasteiger partial charge in [0, 0.05) is 30.5 Å². The molecule has 0 bridgehead atoms. The molecule has 2 saturated heterocycles. The highest BCUT2D eigenvalue weighted by molar-refractivity contribution is 8.01. The number of rotatable bonds is 6. The molecule has 6 nitrogen and oxygen atoms in total. The maximum atomic E-state index is 12.8. The van der Waals surface area contributed by atoms with E-state index in [2.05, 4.69) is 10.3 Å². The van der Waals surface area contributed by atoms with Gasteiger partial charge in [-0.05, 0) is 25.0 Å². The predicted octanol–water partition coefficient (Wildman–Crippen LogP) is 2.73. The molecule has 28 heavy (non-hydrogen) atoms. The minimum atomic E-state index is -0.407. The molecule has 2 amide bonds. The van der Waals surface area contributed by atoms with Crippen molar-refractivity contribution in [2.75, 3.05) is 5.75 Å². The molecule has 0 unspecified atom stereocenters. The van der Waals surface area contributed by atoms with Crippen LogP contribution in [0.1, 0.15) is 30.9 Å². The SMILES string of the molecule is C[C@]12CCC(=O)N1[C@@H](C(=O)NCc1cccnc1OCc1ccccc1)CS2. The Balaban J connectivity index is 1.38. The number of nitrogens with one attached hydrogen (secondary N) is 1. The summed E-state index contributed by atoms with van der Waals surface area (Å²) in [7, 11) is 0. The lowest BCUT2D eigenvalue weighted by atomic mass is 10.2. The van der Waals surface area contributed by atoms with Crippen molar-refractivity contribution in [3.05, 3.63) is 59.8 Å². The van der Waals surface area contributed by atoms with Gasteiger partial charge in [0.15, 0.2) is 0 Å². The fourth-order valence-corrected chi connectivity index (χ4v) is 5.16. The minimum Gasteiger partial charge on any atom is -0.473 e. The number of thioether (sulfide) groups is 1. The van der Waals surface area contributed by atoms with Gasteiger partial charge in [0.25, 0.3) is 0 Å². The van der Waals surface area contributed by atoms with Gasteiger partial charge in [-0.3, -0.25) is 9.59 Å². The van der Waals surface area contributed by atoms with Crippen LogP contribution in [0.15, 0.2) is 48.7 Å². The number of nitrogens with zero attached hydrogens (tertiary/aromatic N) is 2. The van der Waals surface area contributed by atoms with Gasteiger partial charge >= 0.3 is 0 Å². The van der Waals surface area contributed by atoms with Crippen molar-refractivity contribution in [1.82, 2.24) is 15.2 Å². The van der Waals surface area contributed by atoms with E-state index in [0.717, 1.165) is 17.5 Å². The number of aromatic nitrogens is 1. The lowest BCUT2D eigenvalue weighted by Crippen LogP contribution is -2.49. The van der Waals surface area contributed by atoms with E-state index < -0.39 is 6.04 Å². The molecule has 0 spiro atoms. The summed E-state index contributed by atoms with van der Waals surface area (Å²) in [6.07, 6.45) is 3.00. The van der Waals surface area contributed by atoms with Crippen LogP contribution >= 0.6 is 11.8 Å². The van der Waals surface area contributed by atoms with Gasteiger partial charge in [-0.2, -0.15) is 0 Å². The molecule has 4 rings (SSSR count). The zero-order chi connectivity index (χ0) is 19.6. The van der Waals surface area contributed by atoms with Crippen LogP contribution in [-0.2, 0) is 22.7 Å². The summed E-state index contributed by atoms with van der Waals surface area (Å²) in [5.74, 6) is 1.10. The van der Waals surface area contributed by atoms with E-state index in [1.54, 1.807) is 22.9 Å². The number of ether oxygens (including phenoxy) is 1. The van der Waals surface area contributed by atoms with E-state index in [9.17, 15) is 9.59 Å². The number of carbonyl (C=O) groups is 2. The van der Waals surface area contributed by atoms with Crippen molar-refractivity contribution in [2.45, 2.75) is 43.8 Å². The van der Waals surface area contributed by atoms with E-state index in [-0.39, 0.29) is 16.7 Å². The van der Waals surface area contributed by atoms with E-state index in [4.69, 9.17) is 4.74 Å². The van der Waals surface area contributed by atoms with Crippen LogP contribution in [0.2, 0.25) is 0 Å². The van der Waals surface area contributed by atoms with Crippen molar-refractivity contribution in [2.24, 2.45) is 0 Å². The highest BCUT2D eigenvalue weighted by atomic mass is 32.2. The molecular weight excluding hydrogens is 374 g/mol. The average Bonchev–Trinajstić information content (AvgIpc) is 3.21. The molecule has 1 aromatic heterocycles. The van der Waals surface area contributed by atoms with Gasteiger partial charge in [0.1, 0.15) is 12.6 Å². The molecule has 2 atom stereocenters. The normalized spacial score (nSPS) is 23.5. The highest BCUT2D eigenvalue weighted by Gasteiger charge is 2.52. The number of hydrogen-bond donors (Lipinski definition) is 1. The van der Waals surface area contributed by atoms with Crippen LogP contribution < -0.4 is 10.1 Å². The van der Waals surface area contributed by atoms with Crippen LogP contribution in [0, 0.1) is 0 Å². The van der Waals surface area contributed by atoms with E-state index >= 15 is 0 Å². The lowest BCUT2D eigenvalue weighted by Gasteiger charge is -2.29. The minimum absolute atomic E-state index is 0.0703. The van der Waals surface area contributed by atoms with Crippen LogP contribution in [0.4, 0.5) is 0 Å². The highest BCUT2D eigenvalue weighted by Crippen LogP contribution is 2.47. The Morgan fingerprint density at radius 1 is 1.32 bits per heavy atom. The van der Waals surface area contributed by atoms with Crippen molar-refractivity contribution < 1.29 is 14.3 Å². The maximum Gasteiger partial charge on any atom is 0.243 e. The Kier molecular flexibility index (Phi) is 5.26. The van der Waals surface area contributed by atoms with E-state index in [1.165, 1.54) is 0 Å². The number of hydrogen-bond acceptors (Lipinski definition) is 5. The number of amides is 2. The van der Waals surface area contributed by atoms with Crippen molar-refractivity contribution in [3.63, 3.8) is 0 Å². The molecule has 0 radical (unpaired) electrons. The Morgan fingerprint density at radius 2 is 2.14 bits per heavy atom. The van der Waals surface area contributed by atoms with Gasteiger partial charge < -0.3 is 15.0 Å². The molecule has 1 aromatic carbocycles. The van der Waals surface area contributed by atoms with E-state index in [0.29, 0.717) is 31.2 Å². The summed E-state index contributed by atoms with van der Waals surface area (Å²) in [5, 5.41) is 2.96. The fraction of sp³-hybridized carbons (Fsp3) is 0.381. The monoisotopic (exact) mass is 397 g/mol. The van der Waals surface area contributed by atoms with Gasteiger partial charge in [-0.25, -0.2) is 4.98 Å². The predicted molar refractivity (Wildman–Crippen MR) is 108 cm³/mol. The average molecular weight is 398 g/mol. The molecular formula is C21H23N3O3S. The zero-order valence-electron chi connectivity index (χ0n) is 15.8. The second kappa shape index (κ2) is 7.83. The van der Waals surface area contributed by atoms with Gasteiger partial charge in [0.05, 0.1) is 4.87 Å². The molecule has 2 aliphatic heterocycles. The summed E-state index contributed by atoms with van der Waals surface area (Å²) < 4.78 is 5.85. The summed E-state index contributed by atoms with van der Waals surface area (Å²) in [6, 6.07) is 13.2. The van der Waals surface area contributed by atoms with Gasteiger partial charge in [-0.1, -0.05) is 36.4 Å². The molecule has 1 N–H and O–H groups in total. The maximum absolute atomic E-state index is 12.8. The summed E-state index contributed by atoms with van der Waals surface area (Å²) >= 11 is 1.69. The molecule has 0 aliphatic carbocycles. The van der Waals surface area contributed by atoms with Crippen molar-refractivity contribution >= 4 is 23.6 Å². The second-order valence-corrected chi connectivity index (χ2v) is 8.73. The fourth-order valence-electron chi connectivity index (χ4n) is 3.73. The molecule has 7 heteroatoms. The molecule has 0 saturated carbocycles. The van der Waals surface area contributed by atoms with Crippen molar-refractivity contribution in [1.29, 1.82) is 0 Å². The summed E-state index contributed by atoms with van der Waals surface area (Å²) in [4.78, 5) is 30.8. The third kappa shape index (κ3) is 3.71. The van der Waals surface area contributed by atoms with Crippen LogP contribution in [-0.4, -0.2) is 38.4 Å². The number of pyridine rings is 1. The topological polar surface area (TPSA) is 71.5 Å². The zero-order valence-corrected chi connectivity index (χ0v) is 16.6. The van der Waals surface area contributed by atoms with Crippen molar-refractivity contribution in [3.8, 4) is 5.88 Å².